The molecule has 1 unspecified atom stereocenters. The maximum Gasteiger partial charge on any atom is 0.0454 e. The molecule has 3 heteroatoms. The van der Waals surface area contributed by atoms with Gasteiger partial charge in [-0.1, -0.05) is 36.5 Å². The van der Waals surface area contributed by atoms with Gasteiger partial charge in [-0.15, -0.1) is 0 Å². The lowest BCUT2D eigenvalue weighted by molar-refractivity contribution is 0.542. The molecule has 0 aliphatic heterocycles. The van der Waals surface area contributed by atoms with E-state index < -0.39 is 0 Å². The number of hydrogen-bond acceptors (Lipinski definition) is 1. The fraction of sp³-hybridized carbons (Fsp3) is 0.455. The van der Waals surface area contributed by atoms with Gasteiger partial charge >= 0.3 is 0 Å². The Balaban J connectivity index is 2.96. The lowest BCUT2D eigenvalue weighted by Gasteiger charge is -2.17. The van der Waals surface area contributed by atoms with Crippen molar-refractivity contribution in [2.24, 2.45) is 0 Å². The lowest BCUT2D eigenvalue weighted by atomic mass is 10.0. The van der Waals surface area contributed by atoms with Crippen LogP contribution in [-0.4, -0.2) is 7.05 Å². The maximum absolute atomic E-state index is 6.11. The second kappa shape index (κ2) is 5.59. The van der Waals surface area contributed by atoms with Gasteiger partial charge in [-0.05, 0) is 37.2 Å². The molecule has 0 amide bonds. The van der Waals surface area contributed by atoms with Crippen molar-refractivity contribution >= 4 is 23.2 Å². The standard InChI is InChI=1S/C11H15Cl2N/c1-3-4-11(14-2)9-7-8(12)5-6-10(9)13/h5-7,11,14H,3-4H2,1-2H3. The first-order valence-corrected chi connectivity index (χ1v) is 5.56. The molecule has 0 aliphatic rings. The molecule has 0 heterocycles. The molecule has 1 nitrogen and oxygen atoms in total. The first kappa shape index (κ1) is 11.8. The monoisotopic (exact) mass is 231 g/mol. The quantitative estimate of drug-likeness (QED) is 0.825. The summed E-state index contributed by atoms with van der Waals surface area (Å²) in [5.74, 6) is 0. The molecule has 1 rings (SSSR count). The van der Waals surface area contributed by atoms with Crippen molar-refractivity contribution in [1.29, 1.82) is 0 Å². The topological polar surface area (TPSA) is 12.0 Å². The van der Waals surface area contributed by atoms with E-state index in [9.17, 15) is 0 Å². The second-order valence-electron chi connectivity index (χ2n) is 3.30. The van der Waals surface area contributed by atoms with Crippen molar-refractivity contribution in [3.8, 4) is 0 Å². The third-order valence-corrected chi connectivity index (χ3v) is 2.84. The normalized spacial score (nSPS) is 12.9. The van der Waals surface area contributed by atoms with Crippen molar-refractivity contribution in [3.63, 3.8) is 0 Å². The summed E-state index contributed by atoms with van der Waals surface area (Å²) in [5.41, 5.74) is 1.09. The minimum Gasteiger partial charge on any atom is -0.313 e. The molecule has 1 aromatic carbocycles. The molecule has 1 N–H and O–H groups in total. The fourth-order valence-electron chi connectivity index (χ4n) is 1.53. The van der Waals surface area contributed by atoms with E-state index in [1.54, 1.807) is 0 Å². The van der Waals surface area contributed by atoms with Gasteiger partial charge < -0.3 is 5.32 Å². The van der Waals surface area contributed by atoms with Gasteiger partial charge in [0.05, 0.1) is 0 Å². The van der Waals surface area contributed by atoms with Gasteiger partial charge in [0, 0.05) is 16.1 Å². The van der Waals surface area contributed by atoms with E-state index >= 15 is 0 Å². The third-order valence-electron chi connectivity index (χ3n) is 2.26. The molecule has 78 valence electrons. The first-order chi connectivity index (χ1) is 6.69. The third kappa shape index (κ3) is 2.88. The zero-order valence-corrected chi connectivity index (χ0v) is 9.99. The number of nitrogens with one attached hydrogen (secondary N) is 1. The number of benzene rings is 1. The molecule has 0 fully saturated rings. The Kier molecular flexibility index (Phi) is 4.73. The average Bonchev–Trinajstić information content (AvgIpc) is 2.18. The van der Waals surface area contributed by atoms with Gasteiger partial charge in [0.1, 0.15) is 0 Å². The van der Waals surface area contributed by atoms with E-state index in [0.29, 0.717) is 6.04 Å². The molecular formula is C11H15Cl2N. The molecule has 1 atom stereocenters. The van der Waals surface area contributed by atoms with Crippen molar-refractivity contribution in [2.45, 2.75) is 25.8 Å². The summed E-state index contributed by atoms with van der Waals surface area (Å²) in [5, 5.41) is 4.76. The van der Waals surface area contributed by atoms with Gasteiger partial charge in [0.15, 0.2) is 0 Å². The highest BCUT2D eigenvalue weighted by molar-refractivity contribution is 6.33. The zero-order chi connectivity index (χ0) is 10.6. The van der Waals surface area contributed by atoms with Gasteiger partial charge in [-0.2, -0.15) is 0 Å². The molecular weight excluding hydrogens is 217 g/mol. The van der Waals surface area contributed by atoms with Crippen molar-refractivity contribution in [2.75, 3.05) is 7.05 Å². The predicted octanol–water partition coefficient (Wildman–Crippen LogP) is 4.05. The van der Waals surface area contributed by atoms with Crippen LogP contribution in [0.5, 0.6) is 0 Å². The molecule has 1 aromatic rings. The van der Waals surface area contributed by atoms with Crippen molar-refractivity contribution in [3.05, 3.63) is 33.8 Å². The zero-order valence-electron chi connectivity index (χ0n) is 8.48. The van der Waals surface area contributed by atoms with Crippen molar-refractivity contribution in [1.82, 2.24) is 5.32 Å². The van der Waals surface area contributed by atoms with E-state index in [1.165, 1.54) is 0 Å². The van der Waals surface area contributed by atoms with Crippen LogP contribution in [0.2, 0.25) is 10.0 Å². The number of hydrogen-bond donors (Lipinski definition) is 1. The molecule has 0 aliphatic carbocycles. The summed E-state index contributed by atoms with van der Waals surface area (Å²) in [4.78, 5) is 0. The average molecular weight is 232 g/mol. The Morgan fingerprint density at radius 3 is 2.64 bits per heavy atom. The summed E-state index contributed by atoms with van der Waals surface area (Å²) in [7, 11) is 1.94. The van der Waals surface area contributed by atoms with Crippen LogP contribution >= 0.6 is 23.2 Å². The molecule has 0 saturated carbocycles. The van der Waals surface area contributed by atoms with E-state index in [1.807, 2.05) is 25.2 Å². The Morgan fingerprint density at radius 1 is 1.36 bits per heavy atom. The summed E-state index contributed by atoms with van der Waals surface area (Å²) in [6.45, 7) is 2.16. The Hall–Kier alpha value is -0.240. The van der Waals surface area contributed by atoms with Crippen molar-refractivity contribution < 1.29 is 0 Å². The minimum absolute atomic E-state index is 0.297. The number of rotatable bonds is 4. The Bertz CT molecular complexity index is 299. The highest BCUT2D eigenvalue weighted by Gasteiger charge is 2.11. The van der Waals surface area contributed by atoms with E-state index in [0.717, 1.165) is 28.5 Å². The maximum atomic E-state index is 6.11. The fourth-order valence-corrected chi connectivity index (χ4v) is 1.96. The largest absolute Gasteiger partial charge is 0.313 e. The van der Waals surface area contributed by atoms with Crippen LogP contribution in [0.15, 0.2) is 18.2 Å². The first-order valence-electron chi connectivity index (χ1n) is 4.81. The SMILES string of the molecule is CCCC(NC)c1cc(Cl)ccc1Cl. The van der Waals surface area contributed by atoms with Gasteiger partial charge in [-0.3, -0.25) is 0 Å². The van der Waals surface area contributed by atoms with E-state index in [-0.39, 0.29) is 0 Å². The second-order valence-corrected chi connectivity index (χ2v) is 4.14. The summed E-state index contributed by atoms with van der Waals surface area (Å²) >= 11 is 12.0. The van der Waals surface area contributed by atoms with Gasteiger partial charge in [0.25, 0.3) is 0 Å². The predicted molar refractivity (Wildman–Crippen MR) is 63.2 cm³/mol. The molecule has 0 aromatic heterocycles. The van der Waals surface area contributed by atoms with Gasteiger partial charge in [0.2, 0.25) is 0 Å². The molecule has 0 radical (unpaired) electrons. The summed E-state index contributed by atoms with van der Waals surface area (Å²) in [6, 6.07) is 5.89. The van der Waals surface area contributed by atoms with Crippen LogP contribution in [0.25, 0.3) is 0 Å². The van der Waals surface area contributed by atoms with Crippen LogP contribution in [0.3, 0.4) is 0 Å². The molecule has 0 bridgehead atoms. The minimum atomic E-state index is 0.297. The van der Waals surface area contributed by atoms with E-state index in [2.05, 4.69) is 12.2 Å². The molecule has 0 spiro atoms. The molecule has 0 saturated heterocycles. The van der Waals surface area contributed by atoms with Crippen LogP contribution in [0, 0.1) is 0 Å². The summed E-state index contributed by atoms with van der Waals surface area (Å²) in [6.07, 6.45) is 2.19. The lowest BCUT2D eigenvalue weighted by Crippen LogP contribution is -2.16. The molecule has 14 heavy (non-hydrogen) atoms. The smallest absolute Gasteiger partial charge is 0.0454 e. The highest BCUT2D eigenvalue weighted by Crippen LogP contribution is 2.28. The number of halogens is 2. The van der Waals surface area contributed by atoms with Gasteiger partial charge in [-0.25, -0.2) is 0 Å². The van der Waals surface area contributed by atoms with Crippen LogP contribution in [0.4, 0.5) is 0 Å². The van der Waals surface area contributed by atoms with Crippen LogP contribution in [0.1, 0.15) is 31.4 Å². The Labute approximate surface area is 95.4 Å². The van der Waals surface area contributed by atoms with E-state index in [4.69, 9.17) is 23.2 Å². The summed E-state index contributed by atoms with van der Waals surface area (Å²) < 4.78 is 0. The Morgan fingerprint density at radius 2 is 2.07 bits per heavy atom. The highest BCUT2D eigenvalue weighted by atomic mass is 35.5. The van der Waals surface area contributed by atoms with Crippen LogP contribution in [-0.2, 0) is 0 Å². The van der Waals surface area contributed by atoms with Crippen LogP contribution < -0.4 is 5.32 Å².